The summed E-state index contributed by atoms with van der Waals surface area (Å²) in [5.41, 5.74) is -2.64. The molecule has 7 aliphatic rings. The lowest BCUT2D eigenvalue weighted by Gasteiger charge is -2.70. The van der Waals surface area contributed by atoms with Gasteiger partial charge in [-0.2, -0.15) is 0 Å². The minimum Gasteiger partial charge on any atom is -0.481 e. The molecule has 56 heavy (non-hydrogen) atoms. The zero-order chi connectivity index (χ0) is 41.1. The number of aliphatic carboxylic acids is 2. The van der Waals surface area contributed by atoms with E-state index in [1.807, 2.05) is 0 Å². The van der Waals surface area contributed by atoms with E-state index in [9.17, 15) is 50.4 Å². The van der Waals surface area contributed by atoms with E-state index in [1.54, 1.807) is 6.92 Å². The van der Waals surface area contributed by atoms with E-state index in [4.69, 9.17) is 18.9 Å². The predicted molar refractivity (Wildman–Crippen MR) is 198 cm³/mol. The summed E-state index contributed by atoms with van der Waals surface area (Å²) in [5.74, 6) is -1.80. The van der Waals surface area contributed by atoms with E-state index < -0.39 is 102 Å². The normalized spacial score (nSPS) is 52.3. The molecule has 14 heteroatoms. The molecule has 2 saturated heterocycles. The summed E-state index contributed by atoms with van der Waals surface area (Å²) in [6, 6.07) is 0. The van der Waals surface area contributed by atoms with Crippen LogP contribution in [0, 0.1) is 50.2 Å². The van der Waals surface area contributed by atoms with Gasteiger partial charge in [0.1, 0.15) is 42.7 Å². The van der Waals surface area contributed by atoms with Crippen molar-refractivity contribution < 1.29 is 69.4 Å². The third kappa shape index (κ3) is 6.01. The molecule has 7 rings (SSSR count). The van der Waals surface area contributed by atoms with Crippen molar-refractivity contribution in [3.05, 3.63) is 11.6 Å². The summed E-state index contributed by atoms with van der Waals surface area (Å²) in [6.45, 7) is 14.1. The maximum Gasteiger partial charge on any atom is 0.314 e. The Labute approximate surface area is 329 Å². The third-order valence-corrected chi connectivity index (χ3v) is 17.0. The maximum absolute atomic E-state index is 13.9. The van der Waals surface area contributed by atoms with E-state index in [-0.39, 0.29) is 34.7 Å². The molecule has 18 atom stereocenters. The van der Waals surface area contributed by atoms with Crippen LogP contribution >= 0.6 is 0 Å². The minimum atomic E-state index is -1.69. The molecule has 0 bridgehead atoms. The van der Waals surface area contributed by atoms with E-state index >= 15 is 0 Å². The lowest BCUT2D eigenvalue weighted by Crippen LogP contribution is -2.68. The smallest absolute Gasteiger partial charge is 0.314 e. The molecule has 0 unspecified atom stereocenters. The van der Waals surface area contributed by atoms with Gasteiger partial charge in [-0.15, -0.1) is 0 Å². The van der Waals surface area contributed by atoms with Gasteiger partial charge in [0.15, 0.2) is 12.6 Å². The number of aliphatic hydroxyl groups is 6. The number of carbonyl (C=O) groups is 2. The fraction of sp³-hybridized carbons (Fsp3) is 0.905. The highest BCUT2D eigenvalue weighted by Gasteiger charge is 2.73. The van der Waals surface area contributed by atoms with Crippen LogP contribution in [-0.4, -0.2) is 127 Å². The van der Waals surface area contributed by atoms with Crippen molar-refractivity contribution in [3.8, 4) is 0 Å². The zero-order valence-corrected chi connectivity index (χ0v) is 34.0. The molecule has 0 spiro atoms. The van der Waals surface area contributed by atoms with Crippen molar-refractivity contribution in [2.75, 3.05) is 6.61 Å². The minimum absolute atomic E-state index is 0.0291. The summed E-state index contributed by atoms with van der Waals surface area (Å²) in [7, 11) is 0. The Bertz CT molecular complexity index is 1560. The van der Waals surface area contributed by atoms with E-state index in [0.717, 1.165) is 24.8 Å². The van der Waals surface area contributed by atoms with Crippen LogP contribution in [-0.2, 0) is 28.5 Å². The number of hydrogen-bond donors (Lipinski definition) is 8. The molecule has 14 nitrogen and oxygen atoms in total. The van der Waals surface area contributed by atoms with Crippen LogP contribution in [0.3, 0.4) is 0 Å². The molecule has 5 aliphatic carbocycles. The Kier molecular flexibility index (Phi) is 10.8. The summed E-state index contributed by atoms with van der Waals surface area (Å²) < 4.78 is 24.0. The third-order valence-electron chi connectivity index (χ3n) is 17.0. The van der Waals surface area contributed by atoms with Crippen LogP contribution in [0.25, 0.3) is 0 Å². The Balaban J connectivity index is 1.10. The number of ether oxygens (including phenoxy) is 4. The first kappa shape index (κ1) is 42.4. The van der Waals surface area contributed by atoms with Gasteiger partial charge in [0, 0.05) is 0 Å². The van der Waals surface area contributed by atoms with Crippen LogP contribution in [0.4, 0.5) is 0 Å². The highest BCUT2D eigenvalue weighted by molar-refractivity contribution is 5.84. The molecular formula is C42H66O14. The molecule has 0 amide bonds. The lowest BCUT2D eigenvalue weighted by molar-refractivity contribution is -0.364. The Morgan fingerprint density at radius 3 is 2.04 bits per heavy atom. The van der Waals surface area contributed by atoms with Crippen molar-refractivity contribution >= 4 is 11.9 Å². The molecule has 0 aromatic carbocycles. The largest absolute Gasteiger partial charge is 0.481 e. The van der Waals surface area contributed by atoms with Crippen molar-refractivity contribution in [2.24, 2.45) is 50.2 Å². The molecule has 0 radical (unpaired) electrons. The molecule has 0 aromatic rings. The average Bonchev–Trinajstić information content (AvgIpc) is 3.12. The van der Waals surface area contributed by atoms with Gasteiger partial charge < -0.3 is 59.8 Å². The van der Waals surface area contributed by atoms with E-state index in [1.165, 1.54) is 0 Å². The van der Waals surface area contributed by atoms with Crippen molar-refractivity contribution in [2.45, 2.75) is 180 Å². The molecule has 6 fully saturated rings. The first-order valence-electron chi connectivity index (χ1n) is 20.8. The molecule has 8 N–H and O–H groups in total. The predicted octanol–water partition coefficient (Wildman–Crippen LogP) is 2.97. The Morgan fingerprint density at radius 2 is 1.39 bits per heavy atom. The Morgan fingerprint density at radius 1 is 0.750 bits per heavy atom. The van der Waals surface area contributed by atoms with Gasteiger partial charge in [0.05, 0.1) is 29.6 Å². The second-order valence-corrected chi connectivity index (χ2v) is 20.5. The second kappa shape index (κ2) is 14.2. The highest BCUT2D eigenvalue weighted by atomic mass is 16.7. The summed E-state index contributed by atoms with van der Waals surface area (Å²) in [4.78, 5) is 27.0. The summed E-state index contributed by atoms with van der Waals surface area (Å²) in [6.07, 6.45) is -6.14. The first-order valence-corrected chi connectivity index (χ1v) is 20.8. The highest BCUT2D eigenvalue weighted by Crippen LogP contribution is 2.76. The number of carboxylic acid groups (broad SMARTS) is 2. The maximum atomic E-state index is 13.9. The van der Waals surface area contributed by atoms with Crippen LogP contribution < -0.4 is 0 Å². The van der Waals surface area contributed by atoms with Gasteiger partial charge in [-0.25, -0.2) is 0 Å². The van der Waals surface area contributed by atoms with Gasteiger partial charge in [0.25, 0.3) is 0 Å². The summed E-state index contributed by atoms with van der Waals surface area (Å²) in [5, 5.41) is 85.2. The number of rotatable bonds is 7. The quantitative estimate of drug-likeness (QED) is 0.137. The fourth-order valence-electron chi connectivity index (χ4n) is 13.8. The van der Waals surface area contributed by atoms with Gasteiger partial charge in [-0.1, -0.05) is 53.2 Å². The lowest BCUT2D eigenvalue weighted by atomic mass is 9.33. The number of allylic oxidation sites excluding steroid dienone is 1. The van der Waals surface area contributed by atoms with Crippen LogP contribution in [0.1, 0.15) is 113 Å². The van der Waals surface area contributed by atoms with Crippen LogP contribution in [0.5, 0.6) is 0 Å². The van der Waals surface area contributed by atoms with Gasteiger partial charge in [0.2, 0.25) is 0 Å². The van der Waals surface area contributed by atoms with Crippen molar-refractivity contribution in [1.82, 2.24) is 0 Å². The fourth-order valence-corrected chi connectivity index (χ4v) is 13.8. The molecule has 2 aliphatic heterocycles. The summed E-state index contributed by atoms with van der Waals surface area (Å²) >= 11 is 0. The SMILES string of the molecule is C[C@H]1O[C@@H](O[C@H]2CC[C@]3(C)[C@H]4CC=C5[C@@H]6CC(C)(C)CC[C@]6(C(=O)O)CC[C@@]5(C(=O)O)[C@]4(C)CC[C@H]3C2(C)C)[C@H](O)[C@@H](O)[C@H]1O[C@@H]1O[C@H](CO)[C@@H](O)[C@H](O)[C@H]1O. The molecule has 2 heterocycles. The second-order valence-electron chi connectivity index (χ2n) is 20.5. The van der Waals surface area contributed by atoms with Crippen molar-refractivity contribution in [3.63, 3.8) is 0 Å². The molecule has 0 aromatic heterocycles. The van der Waals surface area contributed by atoms with Gasteiger partial charge >= 0.3 is 11.9 Å². The van der Waals surface area contributed by atoms with Gasteiger partial charge in [-0.05, 0) is 111 Å². The molecular weight excluding hydrogens is 728 g/mol. The molecule has 318 valence electrons. The number of carboxylic acids is 2. The van der Waals surface area contributed by atoms with Crippen molar-refractivity contribution in [1.29, 1.82) is 0 Å². The van der Waals surface area contributed by atoms with E-state index in [2.05, 4.69) is 47.6 Å². The van der Waals surface area contributed by atoms with E-state index in [0.29, 0.717) is 44.9 Å². The van der Waals surface area contributed by atoms with Gasteiger partial charge in [-0.3, -0.25) is 9.59 Å². The zero-order valence-electron chi connectivity index (χ0n) is 34.0. The topological polar surface area (TPSA) is 233 Å². The Hall–Kier alpha value is -1.72. The first-order chi connectivity index (χ1) is 26.0. The standard InChI is InChI=1S/C42H66O14/c1-20-32(56-34-30(47)28(45)27(44)23(19-43)54-34)29(46)31(48)33(53-20)55-26-11-12-39(6)24(38(26,4)5)10-13-40(7)25(39)9-8-21-22-18-37(2,3)14-15-41(22,35(49)50)16-17-42(21,40)36(51)52/h8,20,22-34,43-48H,9-19H2,1-7H3,(H,49,50)(H,51,52)/t20-,22+,23-,24+,25-,26+,27-,28+,29-,30-,31-,32+,33+,34+,39+,40-,41+,42-/m1/s1. The monoisotopic (exact) mass is 794 g/mol. The van der Waals surface area contributed by atoms with Crippen LogP contribution in [0.15, 0.2) is 11.6 Å². The molecule has 4 saturated carbocycles. The number of hydrogen-bond acceptors (Lipinski definition) is 12. The van der Waals surface area contributed by atoms with Crippen LogP contribution in [0.2, 0.25) is 0 Å². The number of aliphatic hydroxyl groups excluding tert-OH is 6. The number of fused-ring (bicyclic) bond motifs is 7. The average molecular weight is 795 g/mol.